The van der Waals surface area contributed by atoms with Crippen LogP contribution in [0.4, 0.5) is 4.39 Å². The number of carbonyl (C=O) groups excluding carboxylic acids is 1. The summed E-state index contributed by atoms with van der Waals surface area (Å²) in [5.41, 5.74) is 1.85. The van der Waals surface area contributed by atoms with Crippen LogP contribution in [0.3, 0.4) is 0 Å². The van der Waals surface area contributed by atoms with Crippen LogP contribution >= 0.6 is 0 Å². The van der Waals surface area contributed by atoms with E-state index >= 15 is 0 Å². The third-order valence-corrected chi connectivity index (χ3v) is 2.65. The number of amides is 1. The Hall–Kier alpha value is -2.16. The minimum atomic E-state index is -0.280. The number of halogens is 1. The van der Waals surface area contributed by atoms with E-state index in [-0.39, 0.29) is 5.82 Å². The van der Waals surface area contributed by atoms with E-state index in [9.17, 15) is 9.18 Å². The largest absolute Gasteiger partial charge is 0.337 e. The zero-order valence-electron chi connectivity index (χ0n) is 9.92. The Bertz CT molecular complexity index is 513. The Morgan fingerprint density at radius 3 is 2.28 bits per heavy atom. The molecule has 2 rings (SSSR count). The van der Waals surface area contributed by atoms with Gasteiger partial charge in [-0.2, -0.15) is 0 Å². The summed E-state index contributed by atoms with van der Waals surface area (Å²) in [6, 6.07) is 16.0. The molecule has 0 saturated carbocycles. The second-order valence-electron chi connectivity index (χ2n) is 4.13. The molecular formula is C15H14FNO. The van der Waals surface area contributed by atoms with Crippen molar-refractivity contribution in [2.45, 2.75) is 13.1 Å². The van der Waals surface area contributed by atoms with Gasteiger partial charge in [0, 0.05) is 13.1 Å². The SMILES string of the molecule is O=CN(Cc1ccccc1)Cc1cccc(F)c1. The second kappa shape index (κ2) is 5.96. The van der Waals surface area contributed by atoms with Crippen LogP contribution < -0.4 is 0 Å². The molecule has 2 aromatic rings. The normalized spacial score (nSPS) is 10.1. The molecule has 0 spiro atoms. The first-order valence-corrected chi connectivity index (χ1v) is 5.75. The summed E-state index contributed by atoms with van der Waals surface area (Å²) in [5, 5.41) is 0. The Labute approximate surface area is 106 Å². The van der Waals surface area contributed by atoms with Gasteiger partial charge in [0.15, 0.2) is 0 Å². The molecule has 0 aliphatic carbocycles. The predicted octanol–water partition coefficient (Wildman–Crippen LogP) is 2.98. The van der Waals surface area contributed by atoms with E-state index in [1.807, 2.05) is 36.4 Å². The number of hydrogen-bond acceptors (Lipinski definition) is 1. The molecular weight excluding hydrogens is 229 g/mol. The number of rotatable bonds is 5. The van der Waals surface area contributed by atoms with E-state index in [0.29, 0.717) is 13.1 Å². The molecule has 3 heteroatoms. The molecule has 0 aromatic heterocycles. The highest BCUT2D eigenvalue weighted by molar-refractivity contribution is 5.47. The molecule has 0 fully saturated rings. The summed E-state index contributed by atoms with van der Waals surface area (Å²) in [5.74, 6) is -0.280. The highest BCUT2D eigenvalue weighted by atomic mass is 19.1. The van der Waals surface area contributed by atoms with Crippen molar-refractivity contribution in [2.75, 3.05) is 0 Å². The molecule has 2 aromatic carbocycles. The van der Waals surface area contributed by atoms with Crippen LogP contribution in [0.15, 0.2) is 54.6 Å². The Kier molecular flexibility index (Phi) is 4.07. The lowest BCUT2D eigenvalue weighted by Gasteiger charge is -2.17. The fourth-order valence-corrected chi connectivity index (χ4v) is 1.82. The molecule has 2 nitrogen and oxygen atoms in total. The maximum absolute atomic E-state index is 13.0. The molecule has 18 heavy (non-hydrogen) atoms. The quantitative estimate of drug-likeness (QED) is 0.739. The molecule has 0 aliphatic rings. The van der Waals surface area contributed by atoms with Gasteiger partial charge in [-0.25, -0.2) is 4.39 Å². The van der Waals surface area contributed by atoms with Crippen LogP contribution in [0.1, 0.15) is 11.1 Å². The van der Waals surface area contributed by atoms with Crippen molar-refractivity contribution in [1.29, 1.82) is 0 Å². The first-order valence-electron chi connectivity index (χ1n) is 5.75. The van der Waals surface area contributed by atoms with Crippen molar-refractivity contribution in [1.82, 2.24) is 4.90 Å². The average Bonchev–Trinajstić information content (AvgIpc) is 2.39. The van der Waals surface area contributed by atoms with E-state index in [4.69, 9.17) is 0 Å². The Balaban J connectivity index is 2.04. The summed E-state index contributed by atoms with van der Waals surface area (Å²) >= 11 is 0. The summed E-state index contributed by atoms with van der Waals surface area (Å²) in [7, 11) is 0. The van der Waals surface area contributed by atoms with Gasteiger partial charge in [0.1, 0.15) is 5.82 Å². The third kappa shape index (κ3) is 3.42. The minimum absolute atomic E-state index is 0.280. The molecule has 0 saturated heterocycles. The van der Waals surface area contributed by atoms with Crippen molar-refractivity contribution in [3.63, 3.8) is 0 Å². The molecule has 0 unspecified atom stereocenters. The predicted molar refractivity (Wildman–Crippen MR) is 68.2 cm³/mol. The van der Waals surface area contributed by atoms with E-state index in [2.05, 4.69) is 0 Å². The smallest absolute Gasteiger partial charge is 0.210 e. The van der Waals surface area contributed by atoms with Crippen LogP contribution in [0.5, 0.6) is 0 Å². The fraction of sp³-hybridized carbons (Fsp3) is 0.133. The van der Waals surface area contributed by atoms with E-state index in [1.54, 1.807) is 11.0 Å². The summed E-state index contributed by atoms with van der Waals surface area (Å²) in [6.07, 6.45) is 0.790. The van der Waals surface area contributed by atoms with Gasteiger partial charge in [-0.1, -0.05) is 42.5 Å². The summed E-state index contributed by atoms with van der Waals surface area (Å²) in [4.78, 5) is 12.6. The molecule has 0 heterocycles. The molecule has 0 N–H and O–H groups in total. The Morgan fingerprint density at radius 2 is 1.61 bits per heavy atom. The molecule has 0 atom stereocenters. The van der Waals surface area contributed by atoms with Crippen LogP contribution in [-0.4, -0.2) is 11.3 Å². The topological polar surface area (TPSA) is 20.3 Å². The van der Waals surface area contributed by atoms with Crippen LogP contribution in [-0.2, 0) is 17.9 Å². The minimum Gasteiger partial charge on any atom is -0.337 e. The van der Waals surface area contributed by atoms with Gasteiger partial charge in [-0.15, -0.1) is 0 Å². The lowest BCUT2D eigenvalue weighted by atomic mass is 10.2. The maximum Gasteiger partial charge on any atom is 0.210 e. The average molecular weight is 243 g/mol. The molecule has 0 aliphatic heterocycles. The van der Waals surface area contributed by atoms with Crippen molar-refractivity contribution in [3.8, 4) is 0 Å². The zero-order chi connectivity index (χ0) is 12.8. The monoisotopic (exact) mass is 243 g/mol. The van der Waals surface area contributed by atoms with Gasteiger partial charge in [0.05, 0.1) is 0 Å². The summed E-state index contributed by atoms with van der Waals surface area (Å²) in [6.45, 7) is 0.941. The maximum atomic E-state index is 13.0. The highest BCUT2D eigenvalue weighted by Gasteiger charge is 2.04. The summed E-state index contributed by atoms with van der Waals surface area (Å²) < 4.78 is 13.0. The Morgan fingerprint density at radius 1 is 0.944 bits per heavy atom. The molecule has 0 bridgehead atoms. The molecule has 92 valence electrons. The van der Waals surface area contributed by atoms with Crippen LogP contribution in [0.25, 0.3) is 0 Å². The lowest BCUT2D eigenvalue weighted by Crippen LogP contribution is -2.20. The van der Waals surface area contributed by atoms with Gasteiger partial charge in [0.2, 0.25) is 6.41 Å². The first-order chi connectivity index (χ1) is 8.78. The van der Waals surface area contributed by atoms with Crippen molar-refractivity contribution in [3.05, 3.63) is 71.5 Å². The lowest BCUT2D eigenvalue weighted by molar-refractivity contribution is -0.119. The van der Waals surface area contributed by atoms with Crippen LogP contribution in [0.2, 0.25) is 0 Å². The zero-order valence-corrected chi connectivity index (χ0v) is 9.92. The third-order valence-electron chi connectivity index (χ3n) is 2.65. The number of carbonyl (C=O) groups is 1. The molecule has 1 amide bonds. The number of hydrogen-bond donors (Lipinski definition) is 0. The van der Waals surface area contributed by atoms with Gasteiger partial charge in [-0.05, 0) is 23.3 Å². The van der Waals surface area contributed by atoms with E-state index < -0.39 is 0 Å². The van der Waals surface area contributed by atoms with Crippen molar-refractivity contribution in [2.24, 2.45) is 0 Å². The molecule has 0 radical (unpaired) electrons. The van der Waals surface area contributed by atoms with Crippen molar-refractivity contribution >= 4 is 6.41 Å². The number of nitrogens with zero attached hydrogens (tertiary/aromatic N) is 1. The van der Waals surface area contributed by atoms with Gasteiger partial charge < -0.3 is 4.90 Å². The first kappa shape index (κ1) is 12.3. The van der Waals surface area contributed by atoms with E-state index in [0.717, 1.165) is 17.5 Å². The standard InChI is InChI=1S/C15H14FNO/c16-15-8-4-7-14(9-15)11-17(12-18)10-13-5-2-1-3-6-13/h1-9,12H,10-11H2. The van der Waals surface area contributed by atoms with Crippen LogP contribution in [0, 0.1) is 5.82 Å². The van der Waals surface area contributed by atoms with E-state index in [1.165, 1.54) is 12.1 Å². The fourth-order valence-electron chi connectivity index (χ4n) is 1.82. The second-order valence-corrected chi connectivity index (χ2v) is 4.13. The highest BCUT2D eigenvalue weighted by Crippen LogP contribution is 2.09. The number of benzene rings is 2. The van der Waals surface area contributed by atoms with Crippen molar-refractivity contribution < 1.29 is 9.18 Å². The van der Waals surface area contributed by atoms with Gasteiger partial charge >= 0.3 is 0 Å². The van der Waals surface area contributed by atoms with Gasteiger partial charge in [0.25, 0.3) is 0 Å². The van der Waals surface area contributed by atoms with Gasteiger partial charge in [-0.3, -0.25) is 4.79 Å².